The van der Waals surface area contributed by atoms with E-state index in [1.165, 1.54) is 18.2 Å². The molecule has 3 aromatic rings. The number of hydrogen-bond acceptors (Lipinski definition) is 3. The molecule has 1 heterocycles. The summed E-state index contributed by atoms with van der Waals surface area (Å²) in [5.41, 5.74) is 3.29. The normalized spacial score (nSPS) is 13.2. The van der Waals surface area contributed by atoms with E-state index < -0.39 is 15.8 Å². The van der Waals surface area contributed by atoms with Gasteiger partial charge in [-0.2, -0.15) is 0 Å². The fourth-order valence-electron chi connectivity index (χ4n) is 3.38. The molecule has 0 aromatic heterocycles. The van der Waals surface area contributed by atoms with Crippen molar-refractivity contribution in [2.75, 3.05) is 16.2 Å². The van der Waals surface area contributed by atoms with Gasteiger partial charge in [-0.3, -0.25) is 9.52 Å². The van der Waals surface area contributed by atoms with Crippen LogP contribution in [-0.2, 0) is 16.4 Å². The number of benzene rings is 3. The molecular weight excluding hydrogens is 427 g/mol. The van der Waals surface area contributed by atoms with Crippen molar-refractivity contribution in [1.29, 1.82) is 0 Å². The van der Waals surface area contributed by atoms with Gasteiger partial charge in [0.2, 0.25) is 0 Å². The van der Waals surface area contributed by atoms with Crippen molar-refractivity contribution in [3.05, 3.63) is 88.2 Å². The summed E-state index contributed by atoms with van der Waals surface area (Å²) in [6.45, 7) is 2.43. The highest BCUT2D eigenvalue weighted by Crippen LogP contribution is 2.32. The first kappa shape index (κ1) is 20.4. The molecule has 154 valence electrons. The van der Waals surface area contributed by atoms with E-state index >= 15 is 0 Å². The first-order chi connectivity index (χ1) is 14.2. The molecule has 30 heavy (non-hydrogen) atoms. The van der Waals surface area contributed by atoms with E-state index in [4.69, 9.17) is 11.6 Å². The van der Waals surface area contributed by atoms with Gasteiger partial charge in [-0.1, -0.05) is 29.3 Å². The highest BCUT2D eigenvalue weighted by molar-refractivity contribution is 7.92. The van der Waals surface area contributed by atoms with E-state index in [0.717, 1.165) is 17.2 Å². The van der Waals surface area contributed by atoms with Crippen LogP contribution in [0.5, 0.6) is 0 Å². The monoisotopic (exact) mass is 444 g/mol. The van der Waals surface area contributed by atoms with Crippen LogP contribution in [0.15, 0.2) is 65.6 Å². The highest BCUT2D eigenvalue weighted by atomic mass is 35.5. The van der Waals surface area contributed by atoms with Crippen molar-refractivity contribution < 1.29 is 17.6 Å². The first-order valence-electron chi connectivity index (χ1n) is 9.24. The molecule has 0 bridgehead atoms. The third-order valence-electron chi connectivity index (χ3n) is 4.97. The highest BCUT2D eigenvalue weighted by Gasteiger charge is 2.27. The SMILES string of the molecule is Cc1ccc(C(=O)N2CCc3cc(S(=O)(=O)Nc4ccc(F)c(Cl)c4)ccc32)cc1. The van der Waals surface area contributed by atoms with Crippen LogP contribution in [0.1, 0.15) is 21.5 Å². The fourth-order valence-corrected chi connectivity index (χ4v) is 4.66. The van der Waals surface area contributed by atoms with Crippen LogP contribution in [-0.4, -0.2) is 20.9 Å². The minimum absolute atomic E-state index is 0.0614. The molecule has 8 heteroatoms. The number of carbonyl (C=O) groups excluding carboxylic acids is 1. The molecule has 0 atom stereocenters. The number of amides is 1. The summed E-state index contributed by atoms with van der Waals surface area (Å²) < 4.78 is 41.2. The van der Waals surface area contributed by atoms with Gasteiger partial charge in [0, 0.05) is 17.8 Å². The van der Waals surface area contributed by atoms with Gasteiger partial charge >= 0.3 is 0 Å². The minimum atomic E-state index is -3.89. The number of fused-ring (bicyclic) bond motifs is 1. The summed E-state index contributed by atoms with van der Waals surface area (Å²) in [5, 5.41) is -0.172. The largest absolute Gasteiger partial charge is 0.308 e. The Labute approximate surface area is 179 Å². The maximum absolute atomic E-state index is 13.3. The molecule has 4 rings (SSSR count). The van der Waals surface area contributed by atoms with Crippen molar-refractivity contribution in [3.63, 3.8) is 0 Å². The number of hydrogen-bond donors (Lipinski definition) is 1. The number of aryl methyl sites for hydroxylation is 1. The van der Waals surface area contributed by atoms with E-state index in [1.54, 1.807) is 29.2 Å². The maximum Gasteiger partial charge on any atom is 0.261 e. The van der Waals surface area contributed by atoms with Crippen molar-refractivity contribution in [1.82, 2.24) is 0 Å². The number of halogens is 2. The molecule has 1 N–H and O–H groups in total. The quantitative estimate of drug-likeness (QED) is 0.629. The van der Waals surface area contributed by atoms with Crippen LogP contribution in [0.25, 0.3) is 0 Å². The van der Waals surface area contributed by atoms with Gasteiger partial charge in [-0.15, -0.1) is 0 Å². The third-order valence-corrected chi connectivity index (χ3v) is 6.64. The van der Waals surface area contributed by atoms with Gasteiger partial charge in [0.15, 0.2) is 0 Å². The van der Waals surface area contributed by atoms with Gasteiger partial charge < -0.3 is 4.90 Å². The Morgan fingerprint density at radius 3 is 2.50 bits per heavy atom. The molecule has 3 aromatic carbocycles. The van der Waals surface area contributed by atoms with Crippen LogP contribution in [0, 0.1) is 12.7 Å². The van der Waals surface area contributed by atoms with Crippen LogP contribution in [0.2, 0.25) is 5.02 Å². The van der Waals surface area contributed by atoms with Crippen molar-refractivity contribution in [2.24, 2.45) is 0 Å². The number of nitrogens with zero attached hydrogens (tertiary/aromatic N) is 1. The molecule has 0 fully saturated rings. The van der Waals surface area contributed by atoms with E-state index in [0.29, 0.717) is 24.2 Å². The molecule has 1 aliphatic rings. The Bertz CT molecular complexity index is 1240. The van der Waals surface area contributed by atoms with Gasteiger partial charge in [0.25, 0.3) is 15.9 Å². The van der Waals surface area contributed by atoms with Gasteiger partial charge in [0.05, 0.1) is 15.6 Å². The van der Waals surface area contributed by atoms with E-state index in [9.17, 15) is 17.6 Å². The Morgan fingerprint density at radius 1 is 1.07 bits per heavy atom. The molecule has 0 unspecified atom stereocenters. The van der Waals surface area contributed by atoms with E-state index in [1.807, 2.05) is 19.1 Å². The molecule has 0 aliphatic carbocycles. The predicted octanol–water partition coefficient (Wildman–Crippen LogP) is 4.79. The molecule has 0 saturated carbocycles. The molecule has 1 amide bonds. The van der Waals surface area contributed by atoms with Crippen LogP contribution >= 0.6 is 11.6 Å². The average molecular weight is 445 g/mol. The number of sulfonamides is 1. The lowest BCUT2D eigenvalue weighted by Crippen LogP contribution is -2.28. The number of carbonyl (C=O) groups is 1. The lowest BCUT2D eigenvalue weighted by Gasteiger charge is -2.18. The molecule has 5 nitrogen and oxygen atoms in total. The van der Waals surface area contributed by atoms with Crippen molar-refractivity contribution >= 4 is 38.9 Å². The zero-order valence-corrected chi connectivity index (χ0v) is 17.6. The molecule has 1 aliphatic heterocycles. The van der Waals surface area contributed by atoms with Crippen LogP contribution < -0.4 is 9.62 Å². The number of anilines is 2. The molecule has 0 spiro atoms. The summed E-state index contributed by atoms with van der Waals surface area (Å²) in [5.74, 6) is -0.751. The average Bonchev–Trinajstić information content (AvgIpc) is 3.14. The van der Waals surface area contributed by atoms with Crippen molar-refractivity contribution in [3.8, 4) is 0 Å². The van der Waals surface area contributed by atoms with Crippen LogP contribution in [0.4, 0.5) is 15.8 Å². The Balaban J connectivity index is 1.59. The zero-order valence-electron chi connectivity index (χ0n) is 16.0. The predicted molar refractivity (Wildman–Crippen MR) is 115 cm³/mol. The van der Waals surface area contributed by atoms with Gasteiger partial charge in [-0.05, 0) is 67.4 Å². The summed E-state index contributed by atoms with van der Waals surface area (Å²) in [4.78, 5) is 14.6. The third kappa shape index (κ3) is 3.91. The number of nitrogens with one attached hydrogen (secondary N) is 1. The van der Waals surface area contributed by atoms with Crippen molar-refractivity contribution in [2.45, 2.75) is 18.2 Å². The summed E-state index contributed by atoms with van der Waals surface area (Å²) in [6.07, 6.45) is 0.554. The Morgan fingerprint density at radius 2 is 1.80 bits per heavy atom. The summed E-state index contributed by atoms with van der Waals surface area (Å²) in [6, 6.07) is 15.6. The minimum Gasteiger partial charge on any atom is -0.308 e. The topological polar surface area (TPSA) is 66.5 Å². The van der Waals surface area contributed by atoms with Gasteiger partial charge in [-0.25, -0.2) is 12.8 Å². The molecule has 0 radical (unpaired) electrons. The second-order valence-electron chi connectivity index (χ2n) is 7.10. The Kier molecular flexibility index (Phi) is 5.26. The fraction of sp³-hybridized carbons (Fsp3) is 0.136. The molecular formula is C22H18ClFN2O3S. The smallest absolute Gasteiger partial charge is 0.261 e. The lowest BCUT2D eigenvalue weighted by atomic mass is 10.1. The second kappa shape index (κ2) is 7.74. The lowest BCUT2D eigenvalue weighted by molar-refractivity contribution is 0.0989. The van der Waals surface area contributed by atoms with Crippen LogP contribution in [0.3, 0.4) is 0 Å². The standard InChI is InChI=1S/C22H18ClFN2O3S/c1-14-2-4-15(5-3-14)22(27)26-11-10-16-12-18(7-9-21(16)26)30(28,29)25-17-6-8-20(24)19(23)13-17/h2-9,12-13,25H,10-11H2,1H3. The van der Waals surface area contributed by atoms with E-state index in [2.05, 4.69) is 4.72 Å². The zero-order chi connectivity index (χ0) is 21.5. The first-order valence-corrected chi connectivity index (χ1v) is 11.1. The second-order valence-corrected chi connectivity index (χ2v) is 9.19. The van der Waals surface area contributed by atoms with E-state index in [-0.39, 0.29) is 21.5 Å². The molecule has 0 saturated heterocycles. The Hall–Kier alpha value is -2.90. The van der Waals surface area contributed by atoms with Gasteiger partial charge in [0.1, 0.15) is 5.82 Å². The number of rotatable bonds is 4. The summed E-state index contributed by atoms with van der Waals surface area (Å²) in [7, 11) is -3.89. The summed E-state index contributed by atoms with van der Waals surface area (Å²) >= 11 is 5.72. The maximum atomic E-state index is 13.3.